The molecule has 0 aliphatic heterocycles. The van der Waals surface area contributed by atoms with Gasteiger partial charge in [-0.2, -0.15) is 0 Å². The second-order valence-electron chi connectivity index (χ2n) is 6.41. The molecule has 3 N–H and O–H groups in total. The van der Waals surface area contributed by atoms with Crippen molar-refractivity contribution in [2.24, 2.45) is 5.92 Å². The van der Waals surface area contributed by atoms with Crippen LogP contribution < -0.4 is 0 Å². The zero-order valence-corrected chi connectivity index (χ0v) is 18.2. The first-order chi connectivity index (χ1) is 14.4. The maximum absolute atomic E-state index is 11.6. The van der Waals surface area contributed by atoms with Crippen molar-refractivity contribution >= 4 is 17.7 Å². The molecule has 0 radical (unpaired) electrons. The molecule has 8 heteroatoms. The molecule has 1 atom stereocenters. The van der Waals surface area contributed by atoms with E-state index in [9.17, 15) is 9.59 Å². The molecule has 0 aliphatic carbocycles. The fraction of sp³-hybridized carbons (Fsp3) is 0.545. The molecule has 1 aromatic carbocycles. The Balaban J connectivity index is 0.000000561. The zero-order valence-electron chi connectivity index (χ0n) is 18.2. The second-order valence-corrected chi connectivity index (χ2v) is 6.41. The molecular formula is C22H34O8. The average Bonchev–Trinajstić information content (AvgIpc) is 2.76. The van der Waals surface area contributed by atoms with Gasteiger partial charge in [0.15, 0.2) is 5.76 Å². The number of carbonyl (C=O) groups excluding carboxylic acids is 1. The Morgan fingerprint density at radius 3 is 2.00 bits per heavy atom. The maximum atomic E-state index is 11.6. The van der Waals surface area contributed by atoms with Gasteiger partial charge in [-0.1, -0.05) is 57.0 Å². The minimum absolute atomic E-state index is 0.106. The van der Waals surface area contributed by atoms with Gasteiger partial charge in [-0.15, -0.1) is 0 Å². The molecule has 0 saturated heterocycles. The van der Waals surface area contributed by atoms with Crippen LogP contribution in [0.3, 0.4) is 0 Å². The van der Waals surface area contributed by atoms with Crippen molar-refractivity contribution in [2.75, 3.05) is 27.4 Å². The highest BCUT2D eigenvalue weighted by Crippen LogP contribution is 2.19. The van der Waals surface area contributed by atoms with E-state index in [1.165, 1.54) is 14.2 Å². The maximum Gasteiger partial charge on any atom is 0.375 e. The van der Waals surface area contributed by atoms with Crippen LogP contribution in [0.15, 0.2) is 36.1 Å². The highest BCUT2D eigenvalue weighted by Gasteiger charge is 2.21. The molecule has 0 amide bonds. The summed E-state index contributed by atoms with van der Waals surface area (Å²) in [5, 5.41) is 26.4. The van der Waals surface area contributed by atoms with Crippen LogP contribution in [0.1, 0.15) is 45.1 Å². The largest absolute Gasteiger partial charge is 0.492 e. The molecule has 0 bridgehead atoms. The molecule has 170 valence electrons. The lowest BCUT2D eigenvalue weighted by Crippen LogP contribution is -2.29. The third-order valence-electron chi connectivity index (χ3n) is 4.27. The van der Waals surface area contributed by atoms with Gasteiger partial charge in [0, 0.05) is 5.56 Å². The van der Waals surface area contributed by atoms with Crippen molar-refractivity contribution < 1.29 is 39.1 Å². The summed E-state index contributed by atoms with van der Waals surface area (Å²) in [5.74, 6) is -1.56. The number of unbranched alkanes of at least 4 members (excludes halogenated alkanes) is 1. The SMILES string of the molecule is CCCCC(CC)C(=O)OC(CO)CO.COC(C(=O)O)=C(OC)c1ccccc1. The van der Waals surface area contributed by atoms with Crippen LogP contribution in [0.2, 0.25) is 0 Å². The summed E-state index contributed by atoms with van der Waals surface area (Å²) in [6.07, 6.45) is 2.83. The number of aliphatic hydroxyl groups is 2. The standard InChI is InChI=1S/C11H12O4.C11H22O4/c1-14-9(10(15-2)11(12)13)8-6-4-3-5-7-8;1-3-5-6-9(4-2)11(14)15-10(7-12)8-13/h3-7H,1-2H3,(H,12,13);9-10,12-13H,3-8H2,1-2H3. The van der Waals surface area contributed by atoms with Crippen molar-refractivity contribution in [3.8, 4) is 0 Å². The Morgan fingerprint density at radius 2 is 1.60 bits per heavy atom. The highest BCUT2D eigenvalue weighted by molar-refractivity contribution is 5.92. The summed E-state index contributed by atoms with van der Waals surface area (Å²) in [4.78, 5) is 22.4. The van der Waals surface area contributed by atoms with Gasteiger partial charge >= 0.3 is 11.9 Å². The van der Waals surface area contributed by atoms with E-state index in [0.717, 1.165) is 25.7 Å². The molecule has 0 aliphatic rings. The van der Waals surface area contributed by atoms with Crippen molar-refractivity contribution in [2.45, 2.75) is 45.6 Å². The first kappa shape index (κ1) is 27.4. The topological polar surface area (TPSA) is 123 Å². The van der Waals surface area contributed by atoms with Crippen LogP contribution in [0.25, 0.3) is 5.76 Å². The number of hydrogen-bond donors (Lipinski definition) is 3. The lowest BCUT2D eigenvalue weighted by Gasteiger charge is -2.18. The third kappa shape index (κ3) is 9.76. The van der Waals surface area contributed by atoms with Gasteiger partial charge < -0.3 is 29.5 Å². The number of esters is 1. The lowest BCUT2D eigenvalue weighted by molar-refractivity contribution is -0.158. The van der Waals surface area contributed by atoms with E-state index in [0.29, 0.717) is 5.56 Å². The quantitative estimate of drug-likeness (QED) is 0.265. The van der Waals surface area contributed by atoms with Gasteiger partial charge in [0.05, 0.1) is 33.4 Å². The van der Waals surface area contributed by atoms with Gasteiger partial charge in [0.25, 0.3) is 0 Å². The first-order valence-electron chi connectivity index (χ1n) is 9.93. The smallest absolute Gasteiger partial charge is 0.375 e. The number of aliphatic hydroxyl groups excluding tert-OH is 2. The Labute approximate surface area is 178 Å². The van der Waals surface area contributed by atoms with E-state index in [2.05, 4.69) is 6.92 Å². The number of methoxy groups -OCH3 is 2. The van der Waals surface area contributed by atoms with E-state index < -0.39 is 12.1 Å². The zero-order chi connectivity index (χ0) is 22.9. The second kappa shape index (κ2) is 16.2. The molecule has 0 aromatic heterocycles. The number of ether oxygens (including phenoxy) is 3. The van der Waals surface area contributed by atoms with E-state index in [1.54, 1.807) is 24.3 Å². The molecule has 0 heterocycles. The lowest BCUT2D eigenvalue weighted by atomic mass is 10.00. The fourth-order valence-corrected chi connectivity index (χ4v) is 2.54. The van der Waals surface area contributed by atoms with Gasteiger partial charge in [-0.25, -0.2) is 4.79 Å². The first-order valence-corrected chi connectivity index (χ1v) is 9.93. The monoisotopic (exact) mass is 426 g/mol. The Morgan fingerprint density at radius 1 is 1.00 bits per heavy atom. The number of carboxylic acids is 1. The van der Waals surface area contributed by atoms with E-state index >= 15 is 0 Å². The Bertz CT molecular complexity index is 638. The number of hydrogen-bond acceptors (Lipinski definition) is 7. The number of carbonyl (C=O) groups is 2. The highest BCUT2D eigenvalue weighted by atomic mass is 16.6. The van der Waals surface area contributed by atoms with Gasteiger partial charge in [-0.3, -0.25) is 4.79 Å². The molecular weight excluding hydrogens is 392 g/mol. The summed E-state index contributed by atoms with van der Waals surface area (Å²) in [6, 6.07) is 8.93. The van der Waals surface area contributed by atoms with Gasteiger partial charge in [-0.05, 0) is 12.8 Å². The van der Waals surface area contributed by atoms with Crippen LogP contribution in [0.5, 0.6) is 0 Å². The molecule has 0 saturated carbocycles. The molecule has 0 spiro atoms. The Hall–Kier alpha value is -2.58. The number of benzene rings is 1. The summed E-state index contributed by atoms with van der Waals surface area (Å²) in [6.45, 7) is 3.36. The normalized spacial score (nSPS) is 12.2. The fourth-order valence-electron chi connectivity index (χ4n) is 2.54. The molecule has 30 heavy (non-hydrogen) atoms. The molecule has 1 rings (SSSR count). The summed E-state index contributed by atoms with van der Waals surface area (Å²) in [7, 11) is 2.70. The summed E-state index contributed by atoms with van der Waals surface area (Å²) < 4.78 is 14.8. The molecule has 8 nitrogen and oxygen atoms in total. The molecule has 1 unspecified atom stereocenters. The van der Waals surface area contributed by atoms with Crippen molar-refractivity contribution in [3.05, 3.63) is 41.7 Å². The average molecular weight is 427 g/mol. The minimum atomic E-state index is -1.15. The number of aliphatic carboxylic acids is 1. The molecule has 1 aromatic rings. The predicted octanol–water partition coefficient (Wildman–Crippen LogP) is 2.83. The number of rotatable bonds is 12. The van der Waals surface area contributed by atoms with Crippen LogP contribution in [-0.2, 0) is 23.8 Å². The van der Waals surface area contributed by atoms with Gasteiger partial charge in [0.2, 0.25) is 5.76 Å². The van der Waals surface area contributed by atoms with E-state index in [-0.39, 0.29) is 36.6 Å². The van der Waals surface area contributed by atoms with Crippen LogP contribution in [-0.4, -0.2) is 60.8 Å². The van der Waals surface area contributed by atoms with Crippen LogP contribution in [0, 0.1) is 5.92 Å². The van der Waals surface area contributed by atoms with Crippen LogP contribution >= 0.6 is 0 Å². The summed E-state index contributed by atoms with van der Waals surface area (Å²) >= 11 is 0. The third-order valence-corrected chi connectivity index (χ3v) is 4.27. The van der Waals surface area contributed by atoms with Crippen LogP contribution in [0.4, 0.5) is 0 Å². The minimum Gasteiger partial charge on any atom is -0.492 e. The number of carboxylic acid groups (broad SMARTS) is 1. The predicted molar refractivity (Wildman–Crippen MR) is 112 cm³/mol. The van der Waals surface area contributed by atoms with Crippen molar-refractivity contribution in [1.82, 2.24) is 0 Å². The summed E-state index contributed by atoms with van der Waals surface area (Å²) in [5.41, 5.74) is 0.666. The van der Waals surface area contributed by atoms with Gasteiger partial charge in [0.1, 0.15) is 6.10 Å². The van der Waals surface area contributed by atoms with E-state index in [4.69, 9.17) is 29.5 Å². The molecule has 0 fully saturated rings. The van der Waals surface area contributed by atoms with E-state index in [1.807, 2.05) is 13.0 Å². The Kier molecular flexibility index (Phi) is 14.8. The van der Waals surface area contributed by atoms with Crippen molar-refractivity contribution in [3.63, 3.8) is 0 Å². The van der Waals surface area contributed by atoms with Crippen molar-refractivity contribution in [1.29, 1.82) is 0 Å².